The van der Waals surface area contributed by atoms with E-state index < -0.39 is 0 Å². The monoisotopic (exact) mass is 379 g/mol. The third-order valence-corrected chi connectivity index (χ3v) is 4.72. The van der Waals surface area contributed by atoms with Crippen LogP contribution in [0.25, 0.3) is 0 Å². The highest BCUT2D eigenvalue weighted by Crippen LogP contribution is 2.21. The molecule has 1 N–H and O–H groups in total. The van der Waals surface area contributed by atoms with Crippen molar-refractivity contribution >= 4 is 33.6 Å². The van der Waals surface area contributed by atoms with E-state index in [0.29, 0.717) is 5.75 Å². The molecule has 2 aromatic rings. The van der Waals surface area contributed by atoms with E-state index in [9.17, 15) is 4.79 Å². The molecule has 2 aromatic carbocycles. The lowest BCUT2D eigenvalue weighted by Crippen LogP contribution is -2.28. The fourth-order valence-electron chi connectivity index (χ4n) is 1.94. The molecule has 1 atom stereocenters. The maximum absolute atomic E-state index is 12.0. The lowest BCUT2D eigenvalue weighted by Gasteiger charge is -2.14. The minimum Gasteiger partial charge on any atom is -0.497 e. The van der Waals surface area contributed by atoms with Crippen LogP contribution in [0.3, 0.4) is 0 Å². The van der Waals surface area contributed by atoms with Crippen LogP contribution in [-0.2, 0) is 4.79 Å². The predicted molar refractivity (Wildman–Crippen MR) is 94.4 cm³/mol. The molecule has 5 heteroatoms. The van der Waals surface area contributed by atoms with Crippen LogP contribution in [0.5, 0.6) is 5.75 Å². The molecule has 2 rings (SSSR count). The number of thioether (sulfide) groups is 1. The summed E-state index contributed by atoms with van der Waals surface area (Å²) in [6.07, 6.45) is 0. The molecule has 1 amide bonds. The highest BCUT2D eigenvalue weighted by Gasteiger charge is 2.10. The summed E-state index contributed by atoms with van der Waals surface area (Å²) in [4.78, 5) is 13.1. The topological polar surface area (TPSA) is 38.3 Å². The first kappa shape index (κ1) is 16.9. The fraction of sp³-hybridized carbons (Fsp3) is 0.235. The normalized spacial score (nSPS) is 11.8. The maximum atomic E-state index is 12.0. The van der Waals surface area contributed by atoms with Gasteiger partial charge in [-0.05, 0) is 48.9 Å². The smallest absolute Gasteiger partial charge is 0.230 e. The summed E-state index contributed by atoms with van der Waals surface area (Å²) in [6, 6.07) is 15.7. The minimum atomic E-state index is -0.00272. The molecule has 0 heterocycles. The summed E-state index contributed by atoms with van der Waals surface area (Å²) in [5.74, 6) is 1.24. The zero-order chi connectivity index (χ0) is 15.9. The van der Waals surface area contributed by atoms with E-state index in [-0.39, 0.29) is 11.9 Å². The molecule has 0 aliphatic heterocycles. The first-order chi connectivity index (χ1) is 10.6. The van der Waals surface area contributed by atoms with E-state index in [0.717, 1.165) is 20.7 Å². The SMILES string of the molecule is COc1ccc(SCC(=O)NC(C)c2ccc(Br)cc2)cc1. The number of carbonyl (C=O) groups is 1. The summed E-state index contributed by atoms with van der Waals surface area (Å²) in [7, 11) is 1.64. The first-order valence-corrected chi connectivity index (χ1v) is 8.68. The number of nitrogens with one attached hydrogen (secondary N) is 1. The van der Waals surface area contributed by atoms with Gasteiger partial charge in [-0.1, -0.05) is 28.1 Å². The van der Waals surface area contributed by atoms with E-state index in [1.807, 2.05) is 55.5 Å². The molecular weight excluding hydrogens is 362 g/mol. The molecule has 1 unspecified atom stereocenters. The molecule has 116 valence electrons. The Morgan fingerprint density at radius 2 is 1.82 bits per heavy atom. The maximum Gasteiger partial charge on any atom is 0.230 e. The van der Waals surface area contributed by atoms with Crippen molar-refractivity contribution in [3.05, 3.63) is 58.6 Å². The predicted octanol–water partition coefficient (Wildman–Crippen LogP) is 4.43. The summed E-state index contributed by atoms with van der Waals surface area (Å²) in [6.45, 7) is 1.99. The molecule has 0 fully saturated rings. The van der Waals surface area contributed by atoms with Crippen molar-refractivity contribution in [1.29, 1.82) is 0 Å². The van der Waals surface area contributed by atoms with Gasteiger partial charge in [0, 0.05) is 9.37 Å². The van der Waals surface area contributed by atoms with Gasteiger partial charge in [-0.3, -0.25) is 4.79 Å². The number of benzene rings is 2. The fourth-order valence-corrected chi connectivity index (χ4v) is 2.91. The molecular formula is C17H18BrNO2S. The Hall–Kier alpha value is -1.46. The van der Waals surface area contributed by atoms with Gasteiger partial charge < -0.3 is 10.1 Å². The van der Waals surface area contributed by atoms with E-state index in [2.05, 4.69) is 21.2 Å². The number of hydrogen-bond donors (Lipinski definition) is 1. The molecule has 0 aliphatic rings. The van der Waals surface area contributed by atoms with E-state index in [1.54, 1.807) is 7.11 Å². The molecule has 0 radical (unpaired) electrons. The number of amides is 1. The van der Waals surface area contributed by atoms with Crippen molar-refractivity contribution in [2.75, 3.05) is 12.9 Å². The van der Waals surface area contributed by atoms with Crippen LogP contribution in [0.4, 0.5) is 0 Å². The Morgan fingerprint density at radius 3 is 2.41 bits per heavy atom. The molecule has 3 nitrogen and oxygen atoms in total. The summed E-state index contributed by atoms with van der Waals surface area (Å²) in [5.41, 5.74) is 1.09. The number of halogens is 1. The van der Waals surface area contributed by atoms with Crippen molar-refractivity contribution in [1.82, 2.24) is 5.32 Å². The van der Waals surface area contributed by atoms with Crippen LogP contribution in [0.15, 0.2) is 57.9 Å². The van der Waals surface area contributed by atoms with Gasteiger partial charge in [0.05, 0.1) is 18.9 Å². The lowest BCUT2D eigenvalue weighted by molar-refractivity contribution is -0.119. The van der Waals surface area contributed by atoms with Gasteiger partial charge in [0.1, 0.15) is 5.75 Å². The van der Waals surface area contributed by atoms with Crippen molar-refractivity contribution in [2.45, 2.75) is 17.9 Å². The zero-order valence-electron chi connectivity index (χ0n) is 12.5. The largest absolute Gasteiger partial charge is 0.497 e. The van der Waals surface area contributed by atoms with Gasteiger partial charge in [0.15, 0.2) is 0 Å². The molecule has 0 saturated carbocycles. The number of methoxy groups -OCH3 is 1. The second-order valence-corrected chi connectivity index (χ2v) is 6.77. The van der Waals surface area contributed by atoms with Crippen molar-refractivity contribution in [3.8, 4) is 5.75 Å². The second-order valence-electron chi connectivity index (χ2n) is 4.80. The number of rotatable bonds is 6. The molecule has 0 spiro atoms. The Kier molecular flexibility index (Phi) is 6.34. The van der Waals surface area contributed by atoms with Gasteiger partial charge in [-0.25, -0.2) is 0 Å². The quantitative estimate of drug-likeness (QED) is 0.754. The molecule has 0 aromatic heterocycles. The molecule has 0 bridgehead atoms. The zero-order valence-corrected chi connectivity index (χ0v) is 14.9. The molecule has 22 heavy (non-hydrogen) atoms. The van der Waals surface area contributed by atoms with Gasteiger partial charge >= 0.3 is 0 Å². The van der Waals surface area contributed by atoms with E-state index in [4.69, 9.17) is 4.74 Å². The van der Waals surface area contributed by atoms with E-state index >= 15 is 0 Å². The third-order valence-electron chi connectivity index (χ3n) is 3.18. The van der Waals surface area contributed by atoms with Crippen molar-refractivity contribution in [3.63, 3.8) is 0 Å². The summed E-state index contributed by atoms with van der Waals surface area (Å²) in [5, 5.41) is 3.01. The van der Waals surface area contributed by atoms with Gasteiger partial charge in [-0.15, -0.1) is 11.8 Å². The standard InChI is InChI=1S/C17H18BrNO2S/c1-12(13-3-5-14(18)6-4-13)19-17(20)11-22-16-9-7-15(21-2)8-10-16/h3-10,12H,11H2,1-2H3,(H,19,20). The van der Waals surface area contributed by atoms with Crippen LogP contribution >= 0.6 is 27.7 Å². The number of hydrogen-bond acceptors (Lipinski definition) is 3. The second kappa shape index (κ2) is 8.25. The molecule has 0 aliphatic carbocycles. The summed E-state index contributed by atoms with van der Waals surface area (Å²) < 4.78 is 6.15. The Bertz CT molecular complexity index is 614. The van der Waals surface area contributed by atoms with Crippen LogP contribution in [0.2, 0.25) is 0 Å². The number of ether oxygens (including phenoxy) is 1. The van der Waals surface area contributed by atoms with Crippen molar-refractivity contribution in [2.24, 2.45) is 0 Å². The average molecular weight is 380 g/mol. The Balaban J connectivity index is 1.83. The average Bonchev–Trinajstić information content (AvgIpc) is 2.54. The van der Waals surface area contributed by atoms with E-state index in [1.165, 1.54) is 11.8 Å². The minimum absolute atomic E-state index is 0.00272. The molecule has 0 saturated heterocycles. The Morgan fingerprint density at radius 1 is 1.18 bits per heavy atom. The Labute approximate surface area is 143 Å². The highest BCUT2D eigenvalue weighted by molar-refractivity contribution is 9.10. The van der Waals surface area contributed by atoms with Crippen LogP contribution in [0.1, 0.15) is 18.5 Å². The van der Waals surface area contributed by atoms with Crippen LogP contribution in [0, 0.1) is 0 Å². The lowest BCUT2D eigenvalue weighted by atomic mass is 10.1. The van der Waals surface area contributed by atoms with Crippen LogP contribution < -0.4 is 10.1 Å². The van der Waals surface area contributed by atoms with Gasteiger partial charge in [0.25, 0.3) is 0 Å². The summed E-state index contributed by atoms with van der Waals surface area (Å²) >= 11 is 4.92. The number of carbonyl (C=O) groups excluding carboxylic acids is 1. The van der Waals surface area contributed by atoms with Crippen molar-refractivity contribution < 1.29 is 9.53 Å². The van der Waals surface area contributed by atoms with Gasteiger partial charge in [0.2, 0.25) is 5.91 Å². The first-order valence-electron chi connectivity index (χ1n) is 6.90. The highest BCUT2D eigenvalue weighted by atomic mass is 79.9. The van der Waals surface area contributed by atoms with Crippen LogP contribution in [-0.4, -0.2) is 18.8 Å². The third kappa shape index (κ3) is 5.07. The van der Waals surface area contributed by atoms with Gasteiger partial charge in [-0.2, -0.15) is 0 Å².